The molecule has 3 heterocycles. The summed E-state index contributed by atoms with van der Waals surface area (Å²) in [5.41, 5.74) is 0.998. The number of hydrogen-bond acceptors (Lipinski definition) is 6. The quantitative estimate of drug-likeness (QED) is 0.164. The Morgan fingerprint density at radius 2 is 1.97 bits per heavy atom. The summed E-state index contributed by atoms with van der Waals surface area (Å²) in [5, 5.41) is 9.08. The van der Waals surface area contributed by atoms with E-state index in [9.17, 15) is 19.5 Å². The van der Waals surface area contributed by atoms with Crippen LogP contribution in [0.5, 0.6) is 0 Å². The number of ether oxygens (including phenoxy) is 1. The number of carbonyl (C=O) groups excluding carboxylic acids is 3. The first kappa shape index (κ1) is 27.9. The van der Waals surface area contributed by atoms with Crippen molar-refractivity contribution in [1.82, 2.24) is 9.80 Å². The first-order chi connectivity index (χ1) is 17.9. The zero-order valence-corrected chi connectivity index (χ0v) is 23.4. The third-order valence-corrected chi connectivity index (χ3v) is 10.8. The first-order valence-electron chi connectivity index (χ1n) is 12.8. The molecule has 3 saturated heterocycles. The average Bonchev–Trinajstić information content (AvgIpc) is 3.48. The Morgan fingerprint density at radius 1 is 1.22 bits per heavy atom. The fraction of sp³-hybridized carbons (Fsp3) is 0.536. The number of nitrogens with zero attached hydrogens (tertiary/aromatic N) is 2. The summed E-state index contributed by atoms with van der Waals surface area (Å²) in [6.07, 6.45) is 5.92. The van der Waals surface area contributed by atoms with Crippen LogP contribution in [0.3, 0.4) is 0 Å². The molecule has 3 unspecified atom stereocenters. The Kier molecular flexibility index (Phi) is 9.19. The highest BCUT2D eigenvalue weighted by Crippen LogP contribution is 2.68. The molecule has 3 aliphatic heterocycles. The van der Waals surface area contributed by atoms with Gasteiger partial charge in [0, 0.05) is 36.3 Å². The van der Waals surface area contributed by atoms with E-state index in [1.807, 2.05) is 30.3 Å². The number of unbranched alkanes of at least 4 members (excludes halogenated alkanes) is 2. The van der Waals surface area contributed by atoms with Crippen LogP contribution in [0.4, 0.5) is 0 Å². The smallest absolute Gasteiger partial charge is 0.311 e. The molecule has 2 amide bonds. The monoisotopic (exact) mass is 590 g/mol. The van der Waals surface area contributed by atoms with Gasteiger partial charge in [0.05, 0.1) is 16.6 Å². The molecule has 9 heteroatoms. The van der Waals surface area contributed by atoms with Crippen molar-refractivity contribution < 1.29 is 24.2 Å². The Hall–Kier alpha value is -2.10. The Morgan fingerprint density at radius 3 is 2.65 bits per heavy atom. The normalized spacial score (nSPS) is 29.7. The number of aliphatic hydroxyl groups excluding tert-OH is 1. The number of rotatable bonds is 13. The fourth-order valence-electron chi connectivity index (χ4n) is 6.09. The summed E-state index contributed by atoms with van der Waals surface area (Å²) in [4.78, 5) is 45.0. The second kappa shape index (κ2) is 12.2. The van der Waals surface area contributed by atoms with Crippen molar-refractivity contribution in [3.63, 3.8) is 0 Å². The number of fused-ring (bicyclic) bond motifs is 1. The summed E-state index contributed by atoms with van der Waals surface area (Å²) in [6.45, 7) is 8.84. The van der Waals surface area contributed by atoms with Gasteiger partial charge in [-0.3, -0.25) is 14.4 Å². The van der Waals surface area contributed by atoms with E-state index in [1.54, 1.807) is 27.6 Å². The second-order valence-corrected chi connectivity index (χ2v) is 12.6. The van der Waals surface area contributed by atoms with Gasteiger partial charge >= 0.3 is 5.97 Å². The van der Waals surface area contributed by atoms with Crippen LogP contribution in [0.1, 0.15) is 31.2 Å². The lowest BCUT2D eigenvalue weighted by Gasteiger charge is -2.38. The SMILES string of the molecule is C=CCOC(=O)[C@H]1[C@@H]2SC3(CC2Br)C(C(=O)N(CC=C)Cc2ccccc2)N(CCCCCO)C(=O)[C@H]13. The fourth-order valence-corrected chi connectivity index (χ4v) is 9.69. The Balaban J connectivity index is 1.69. The number of alkyl halides is 1. The maximum absolute atomic E-state index is 14.4. The maximum atomic E-state index is 14.4. The highest BCUT2D eigenvalue weighted by Gasteiger charge is 2.76. The minimum absolute atomic E-state index is 0.00514. The molecule has 3 aliphatic rings. The van der Waals surface area contributed by atoms with Crippen molar-refractivity contribution in [1.29, 1.82) is 0 Å². The number of thioether (sulfide) groups is 1. The minimum atomic E-state index is -0.710. The molecule has 37 heavy (non-hydrogen) atoms. The molecular formula is C28H35BrN2O5S. The highest BCUT2D eigenvalue weighted by atomic mass is 79.9. The first-order valence-corrected chi connectivity index (χ1v) is 14.6. The van der Waals surface area contributed by atoms with Crippen molar-refractivity contribution in [2.75, 3.05) is 26.3 Å². The van der Waals surface area contributed by atoms with Crippen molar-refractivity contribution >= 4 is 45.5 Å². The van der Waals surface area contributed by atoms with E-state index in [0.717, 1.165) is 12.0 Å². The van der Waals surface area contributed by atoms with Gasteiger partial charge in [-0.05, 0) is 31.2 Å². The number of hydrogen-bond donors (Lipinski definition) is 1. The topological polar surface area (TPSA) is 87.2 Å². The lowest BCUT2D eigenvalue weighted by molar-refractivity contribution is -0.153. The third kappa shape index (κ3) is 5.27. The van der Waals surface area contributed by atoms with Gasteiger partial charge in [0.25, 0.3) is 0 Å². The molecule has 2 bridgehead atoms. The van der Waals surface area contributed by atoms with Crippen LogP contribution in [0, 0.1) is 11.8 Å². The Labute approximate surface area is 231 Å². The molecule has 3 fully saturated rings. The summed E-state index contributed by atoms with van der Waals surface area (Å²) in [7, 11) is 0. The molecule has 0 aromatic heterocycles. The number of benzene rings is 1. The van der Waals surface area contributed by atoms with Gasteiger partial charge in [-0.15, -0.1) is 18.3 Å². The second-order valence-electron chi connectivity index (χ2n) is 9.89. The number of carbonyl (C=O) groups is 3. The summed E-state index contributed by atoms with van der Waals surface area (Å²) in [6, 6.07) is 9.09. The van der Waals surface area contributed by atoms with Crippen LogP contribution in [-0.2, 0) is 25.7 Å². The van der Waals surface area contributed by atoms with E-state index in [2.05, 4.69) is 29.1 Å². The van der Waals surface area contributed by atoms with E-state index in [-0.39, 0.29) is 35.1 Å². The van der Waals surface area contributed by atoms with E-state index in [4.69, 9.17) is 4.74 Å². The van der Waals surface area contributed by atoms with E-state index in [1.165, 1.54) is 6.08 Å². The molecule has 6 atom stereocenters. The van der Waals surface area contributed by atoms with E-state index >= 15 is 0 Å². The standard InChI is InChI=1S/C28H35BrN2O5S/c1-3-13-30(18-19-11-7-5-8-12-19)26(34)24-28-17-20(29)23(37-28)21(27(35)36-16-4-2)22(28)25(33)31(24)14-9-6-10-15-32/h3-5,7-8,11-12,20-24,32H,1-2,6,9-10,13-18H2/t20?,21-,22+,23-,24?,28?/m1/s1. The third-order valence-electron chi connectivity index (χ3n) is 7.57. The van der Waals surface area contributed by atoms with Gasteiger partial charge in [0.2, 0.25) is 11.8 Å². The van der Waals surface area contributed by atoms with Crippen LogP contribution in [0.25, 0.3) is 0 Å². The maximum Gasteiger partial charge on any atom is 0.311 e. The number of halogens is 1. The molecule has 1 aromatic rings. The Bertz CT molecular complexity index is 1020. The van der Waals surface area contributed by atoms with Crippen molar-refractivity contribution in [2.24, 2.45) is 11.8 Å². The largest absolute Gasteiger partial charge is 0.461 e. The van der Waals surface area contributed by atoms with Gasteiger partial charge in [-0.25, -0.2) is 0 Å². The van der Waals surface area contributed by atoms with Crippen LogP contribution < -0.4 is 0 Å². The molecule has 0 aliphatic carbocycles. The molecular weight excluding hydrogens is 556 g/mol. The predicted octanol–water partition coefficient (Wildman–Crippen LogP) is 3.56. The van der Waals surface area contributed by atoms with Gasteiger partial charge < -0.3 is 19.6 Å². The summed E-state index contributed by atoms with van der Waals surface area (Å²) >= 11 is 5.37. The lowest BCUT2D eigenvalue weighted by Crippen LogP contribution is -2.55. The minimum Gasteiger partial charge on any atom is -0.461 e. The number of likely N-dealkylation sites (tertiary alicyclic amines) is 1. The molecule has 1 spiro atoms. The summed E-state index contributed by atoms with van der Waals surface area (Å²) in [5.74, 6) is -1.88. The average molecular weight is 592 g/mol. The number of esters is 1. The molecule has 4 rings (SSSR count). The predicted molar refractivity (Wildman–Crippen MR) is 148 cm³/mol. The van der Waals surface area contributed by atoms with Crippen molar-refractivity contribution in [2.45, 2.75) is 53.1 Å². The van der Waals surface area contributed by atoms with E-state index < -0.39 is 28.6 Å². The van der Waals surface area contributed by atoms with Gasteiger partial charge in [0.1, 0.15) is 12.6 Å². The van der Waals surface area contributed by atoms with Crippen LogP contribution in [-0.4, -0.2) is 79.9 Å². The van der Waals surface area contributed by atoms with Gasteiger partial charge in [-0.2, -0.15) is 0 Å². The zero-order valence-electron chi connectivity index (χ0n) is 21.0. The van der Waals surface area contributed by atoms with E-state index in [0.29, 0.717) is 38.9 Å². The molecule has 200 valence electrons. The molecule has 7 nitrogen and oxygen atoms in total. The van der Waals surface area contributed by atoms with Crippen molar-refractivity contribution in [3.05, 3.63) is 61.2 Å². The number of aliphatic hydroxyl groups is 1. The highest BCUT2D eigenvalue weighted by molar-refractivity contribution is 9.09. The lowest BCUT2D eigenvalue weighted by atomic mass is 9.71. The molecule has 0 saturated carbocycles. The van der Waals surface area contributed by atoms with Crippen LogP contribution in [0.2, 0.25) is 0 Å². The summed E-state index contributed by atoms with van der Waals surface area (Å²) < 4.78 is 4.73. The zero-order chi connectivity index (χ0) is 26.6. The van der Waals surface area contributed by atoms with Crippen LogP contribution in [0.15, 0.2) is 55.6 Å². The van der Waals surface area contributed by atoms with Gasteiger partial charge in [-0.1, -0.05) is 65.0 Å². The molecule has 0 radical (unpaired) electrons. The van der Waals surface area contributed by atoms with Crippen molar-refractivity contribution in [3.8, 4) is 0 Å². The van der Waals surface area contributed by atoms with Gasteiger partial charge in [0.15, 0.2) is 0 Å². The molecule has 1 aromatic carbocycles. The number of amides is 2. The molecule has 1 N–H and O–H groups in total. The van der Waals surface area contributed by atoms with Crippen LogP contribution >= 0.6 is 27.7 Å².